The number of benzene rings is 2. The van der Waals surface area contributed by atoms with Crippen molar-refractivity contribution in [1.82, 2.24) is 4.98 Å². The number of aryl methyl sites for hydroxylation is 1. The number of rotatable bonds is 4. The normalized spacial score (nSPS) is 14.6. The van der Waals surface area contributed by atoms with E-state index in [4.69, 9.17) is 0 Å². The van der Waals surface area contributed by atoms with Crippen molar-refractivity contribution in [2.75, 3.05) is 4.72 Å². The molecule has 0 saturated heterocycles. The Morgan fingerprint density at radius 1 is 1.08 bits per heavy atom. The van der Waals surface area contributed by atoms with Gasteiger partial charge in [0, 0.05) is 11.6 Å². The first-order valence-electron chi connectivity index (χ1n) is 8.10. The lowest BCUT2D eigenvalue weighted by atomic mass is 9.98. The maximum Gasteiger partial charge on any atom is 0.236 e. The monoisotopic (exact) mass is 356 g/mol. The summed E-state index contributed by atoms with van der Waals surface area (Å²) in [5, 5.41) is 1.46. The number of hydrogen-bond donors (Lipinski definition) is 1. The van der Waals surface area contributed by atoms with E-state index in [1.807, 2.05) is 25.1 Å². The van der Waals surface area contributed by atoms with Gasteiger partial charge in [0.25, 0.3) is 0 Å². The number of aromatic nitrogens is 1. The summed E-state index contributed by atoms with van der Waals surface area (Å²) in [4.78, 5) is 4.21. The molecule has 4 nitrogen and oxygen atoms in total. The molecule has 0 bridgehead atoms. The van der Waals surface area contributed by atoms with Crippen LogP contribution in [-0.4, -0.2) is 18.7 Å². The summed E-state index contributed by atoms with van der Waals surface area (Å²) in [5.41, 5.74) is 2.72. The van der Waals surface area contributed by atoms with E-state index in [2.05, 4.69) is 9.71 Å². The lowest BCUT2D eigenvalue weighted by Gasteiger charge is -2.10. The smallest absolute Gasteiger partial charge is 0.236 e. The Kier molecular flexibility index (Phi) is 3.72. The Balaban J connectivity index is 1.70. The van der Waals surface area contributed by atoms with Crippen LogP contribution in [0.25, 0.3) is 21.9 Å². The SMILES string of the molecule is Cc1ccc(F)cc1-c1ccc2cc(NS(=O)(=O)C3CC3)ncc2c1. The van der Waals surface area contributed by atoms with Crippen molar-refractivity contribution in [2.24, 2.45) is 0 Å². The van der Waals surface area contributed by atoms with E-state index in [9.17, 15) is 12.8 Å². The Hall–Kier alpha value is -2.47. The summed E-state index contributed by atoms with van der Waals surface area (Å²) in [6.07, 6.45) is 3.05. The topological polar surface area (TPSA) is 59.1 Å². The van der Waals surface area contributed by atoms with Gasteiger partial charge in [-0.25, -0.2) is 17.8 Å². The predicted molar refractivity (Wildman–Crippen MR) is 97.4 cm³/mol. The highest BCUT2D eigenvalue weighted by molar-refractivity contribution is 7.93. The lowest BCUT2D eigenvalue weighted by molar-refractivity contribution is 0.600. The second kappa shape index (κ2) is 5.81. The highest BCUT2D eigenvalue weighted by Crippen LogP contribution is 2.31. The van der Waals surface area contributed by atoms with Crippen LogP contribution in [0.15, 0.2) is 48.7 Å². The minimum Gasteiger partial charge on any atom is -0.267 e. The fourth-order valence-electron chi connectivity index (χ4n) is 2.88. The average Bonchev–Trinajstić information content (AvgIpc) is 3.42. The molecule has 1 N–H and O–H groups in total. The molecule has 1 heterocycles. The van der Waals surface area contributed by atoms with Crippen LogP contribution in [-0.2, 0) is 10.0 Å². The van der Waals surface area contributed by atoms with E-state index >= 15 is 0 Å². The van der Waals surface area contributed by atoms with Gasteiger partial charge in [0.05, 0.1) is 5.25 Å². The van der Waals surface area contributed by atoms with Gasteiger partial charge in [-0.15, -0.1) is 0 Å². The quantitative estimate of drug-likeness (QED) is 0.760. The van der Waals surface area contributed by atoms with Crippen LogP contribution in [0.4, 0.5) is 10.2 Å². The summed E-state index contributed by atoms with van der Waals surface area (Å²) in [6.45, 7) is 1.94. The van der Waals surface area contributed by atoms with Gasteiger partial charge >= 0.3 is 0 Å². The molecule has 0 unspecified atom stereocenters. The molecule has 4 rings (SSSR count). The van der Waals surface area contributed by atoms with Crippen molar-refractivity contribution in [1.29, 1.82) is 0 Å². The number of halogens is 1. The molecule has 0 spiro atoms. The average molecular weight is 356 g/mol. The zero-order valence-corrected chi connectivity index (χ0v) is 14.5. The van der Waals surface area contributed by atoms with Crippen LogP contribution in [0.2, 0.25) is 0 Å². The fourth-order valence-corrected chi connectivity index (χ4v) is 4.20. The molecule has 0 aliphatic heterocycles. The lowest BCUT2D eigenvalue weighted by Crippen LogP contribution is -2.17. The Morgan fingerprint density at radius 2 is 1.88 bits per heavy atom. The summed E-state index contributed by atoms with van der Waals surface area (Å²) >= 11 is 0. The Bertz CT molecular complexity index is 1080. The van der Waals surface area contributed by atoms with E-state index in [-0.39, 0.29) is 11.1 Å². The standard InChI is InChI=1S/C19H17FN2O2S/c1-12-2-5-16(20)10-18(12)14-4-3-13-9-19(21-11-15(13)8-14)22-25(23,24)17-6-7-17/h2-5,8-11,17H,6-7H2,1H3,(H,21,22). The minimum absolute atomic E-state index is 0.274. The Labute approximate surface area is 145 Å². The summed E-state index contributed by atoms with van der Waals surface area (Å²) < 4.78 is 40.1. The van der Waals surface area contributed by atoms with Crippen molar-refractivity contribution in [3.05, 3.63) is 60.0 Å². The molecule has 1 saturated carbocycles. The van der Waals surface area contributed by atoms with E-state index < -0.39 is 10.0 Å². The van der Waals surface area contributed by atoms with Crippen LogP contribution in [0.1, 0.15) is 18.4 Å². The molecular weight excluding hydrogens is 339 g/mol. The van der Waals surface area contributed by atoms with Gasteiger partial charge in [-0.3, -0.25) is 4.72 Å². The number of nitrogens with zero attached hydrogens (tertiary/aromatic N) is 1. The Morgan fingerprint density at radius 3 is 2.64 bits per heavy atom. The maximum atomic E-state index is 13.5. The number of hydrogen-bond acceptors (Lipinski definition) is 3. The molecule has 0 atom stereocenters. The van der Waals surface area contributed by atoms with Gasteiger partial charge in [-0.1, -0.05) is 18.2 Å². The van der Waals surface area contributed by atoms with Crippen LogP contribution >= 0.6 is 0 Å². The highest BCUT2D eigenvalue weighted by atomic mass is 32.2. The number of anilines is 1. The van der Waals surface area contributed by atoms with Crippen molar-refractivity contribution in [2.45, 2.75) is 25.0 Å². The van der Waals surface area contributed by atoms with Gasteiger partial charge in [0.2, 0.25) is 10.0 Å². The molecule has 128 valence electrons. The van der Waals surface area contributed by atoms with Crippen LogP contribution in [0.3, 0.4) is 0 Å². The number of nitrogens with one attached hydrogen (secondary N) is 1. The highest BCUT2D eigenvalue weighted by Gasteiger charge is 2.35. The van der Waals surface area contributed by atoms with Crippen molar-refractivity contribution >= 4 is 26.6 Å². The molecule has 0 radical (unpaired) electrons. The molecular formula is C19H17FN2O2S. The molecule has 6 heteroatoms. The zero-order chi connectivity index (χ0) is 17.6. The summed E-state index contributed by atoms with van der Waals surface area (Å²) in [5.74, 6) is 0.0535. The molecule has 1 aromatic heterocycles. The third-order valence-corrected chi connectivity index (χ3v) is 6.29. The molecule has 1 aliphatic rings. The number of sulfonamides is 1. The molecule has 1 aliphatic carbocycles. The second-order valence-electron chi connectivity index (χ2n) is 6.44. The van der Waals surface area contributed by atoms with Crippen LogP contribution < -0.4 is 4.72 Å². The first-order chi connectivity index (χ1) is 11.9. The van der Waals surface area contributed by atoms with Gasteiger partial charge in [0.15, 0.2) is 0 Å². The largest absolute Gasteiger partial charge is 0.267 e. The van der Waals surface area contributed by atoms with Crippen LogP contribution in [0, 0.1) is 12.7 Å². The predicted octanol–water partition coefficient (Wildman–Crippen LogP) is 4.25. The van der Waals surface area contributed by atoms with Gasteiger partial charge < -0.3 is 0 Å². The van der Waals surface area contributed by atoms with E-state index in [1.165, 1.54) is 12.1 Å². The second-order valence-corrected chi connectivity index (χ2v) is 8.40. The molecule has 2 aromatic carbocycles. The van der Waals surface area contributed by atoms with Crippen molar-refractivity contribution in [3.8, 4) is 11.1 Å². The maximum absolute atomic E-state index is 13.5. The molecule has 0 amide bonds. The number of pyridine rings is 1. The zero-order valence-electron chi connectivity index (χ0n) is 13.7. The van der Waals surface area contributed by atoms with Gasteiger partial charge in [-0.2, -0.15) is 0 Å². The third kappa shape index (κ3) is 3.22. The van der Waals surface area contributed by atoms with Crippen molar-refractivity contribution < 1.29 is 12.8 Å². The van der Waals surface area contributed by atoms with E-state index in [0.29, 0.717) is 18.7 Å². The molecule has 25 heavy (non-hydrogen) atoms. The van der Waals surface area contributed by atoms with Gasteiger partial charge in [0.1, 0.15) is 11.6 Å². The summed E-state index contributed by atoms with van der Waals surface area (Å²) in [7, 11) is -3.32. The number of fused-ring (bicyclic) bond motifs is 1. The third-order valence-electron chi connectivity index (χ3n) is 4.44. The first kappa shape index (κ1) is 16.0. The molecule has 3 aromatic rings. The minimum atomic E-state index is -3.32. The van der Waals surface area contributed by atoms with Crippen molar-refractivity contribution in [3.63, 3.8) is 0 Å². The first-order valence-corrected chi connectivity index (χ1v) is 9.65. The van der Waals surface area contributed by atoms with Crippen LogP contribution in [0.5, 0.6) is 0 Å². The van der Waals surface area contributed by atoms with E-state index in [1.54, 1.807) is 18.3 Å². The van der Waals surface area contributed by atoms with Gasteiger partial charge in [-0.05, 0) is 66.1 Å². The van der Waals surface area contributed by atoms with E-state index in [0.717, 1.165) is 27.5 Å². The molecule has 1 fully saturated rings. The summed E-state index contributed by atoms with van der Waals surface area (Å²) in [6, 6.07) is 12.2. The fraction of sp³-hybridized carbons (Fsp3) is 0.211.